The second kappa shape index (κ2) is 7.89. The quantitative estimate of drug-likeness (QED) is 0.676. The van der Waals surface area contributed by atoms with Gasteiger partial charge in [-0.05, 0) is 53.4 Å². The molecule has 140 valence electrons. The molecule has 0 spiro atoms. The van der Waals surface area contributed by atoms with Crippen molar-refractivity contribution in [3.05, 3.63) is 83.0 Å². The maximum Gasteiger partial charge on any atom is 0.271 e. The SMILES string of the molecule is CN(Cc1ccc(F)cc1)C(=O)c1ccc(NS(=O)(=O)c2cccs2)cc1. The summed E-state index contributed by atoms with van der Waals surface area (Å²) in [6, 6.07) is 15.4. The smallest absolute Gasteiger partial charge is 0.271 e. The van der Waals surface area contributed by atoms with Crippen molar-refractivity contribution in [3.63, 3.8) is 0 Å². The second-order valence-electron chi connectivity index (χ2n) is 5.90. The molecule has 0 aliphatic rings. The molecule has 5 nitrogen and oxygen atoms in total. The van der Waals surface area contributed by atoms with Gasteiger partial charge in [0.25, 0.3) is 15.9 Å². The van der Waals surface area contributed by atoms with E-state index in [4.69, 9.17) is 0 Å². The van der Waals surface area contributed by atoms with E-state index in [0.29, 0.717) is 17.8 Å². The molecule has 0 bridgehead atoms. The maximum atomic E-state index is 13.0. The predicted octanol–water partition coefficient (Wildman–Crippen LogP) is 3.96. The number of nitrogens with zero attached hydrogens (tertiary/aromatic N) is 1. The lowest BCUT2D eigenvalue weighted by atomic mass is 10.1. The van der Waals surface area contributed by atoms with Crippen molar-refractivity contribution in [3.8, 4) is 0 Å². The van der Waals surface area contributed by atoms with Crippen molar-refractivity contribution < 1.29 is 17.6 Å². The highest BCUT2D eigenvalue weighted by Crippen LogP contribution is 2.21. The lowest BCUT2D eigenvalue weighted by Gasteiger charge is -2.17. The molecular formula is C19H17FN2O3S2. The van der Waals surface area contributed by atoms with Gasteiger partial charge in [0.2, 0.25) is 0 Å². The standard InChI is InChI=1S/C19H17FN2O3S2/c1-22(13-14-4-8-16(20)9-5-14)19(23)15-6-10-17(11-7-15)21-27(24,25)18-3-2-12-26-18/h2-12,21H,13H2,1H3. The molecular weight excluding hydrogens is 387 g/mol. The zero-order chi connectivity index (χ0) is 19.4. The topological polar surface area (TPSA) is 66.5 Å². The summed E-state index contributed by atoms with van der Waals surface area (Å²) in [5, 5.41) is 1.69. The molecule has 3 aromatic rings. The molecule has 0 unspecified atom stereocenters. The molecule has 8 heteroatoms. The van der Waals surface area contributed by atoms with Crippen molar-refractivity contribution in [1.29, 1.82) is 0 Å². The number of hydrogen-bond donors (Lipinski definition) is 1. The van der Waals surface area contributed by atoms with E-state index in [0.717, 1.165) is 16.9 Å². The Morgan fingerprint density at radius 2 is 1.74 bits per heavy atom. The van der Waals surface area contributed by atoms with E-state index in [2.05, 4.69) is 4.72 Å². The molecule has 0 fully saturated rings. The molecule has 0 radical (unpaired) electrons. The fourth-order valence-corrected chi connectivity index (χ4v) is 4.51. The van der Waals surface area contributed by atoms with Crippen LogP contribution in [0.25, 0.3) is 0 Å². The summed E-state index contributed by atoms with van der Waals surface area (Å²) in [5.74, 6) is -0.541. The second-order valence-corrected chi connectivity index (χ2v) is 8.76. The molecule has 0 saturated carbocycles. The number of sulfonamides is 1. The Bertz CT molecular complexity index is 1020. The van der Waals surface area contributed by atoms with Crippen LogP contribution in [0.15, 0.2) is 70.3 Å². The van der Waals surface area contributed by atoms with Crippen LogP contribution in [0.5, 0.6) is 0 Å². The number of carbonyl (C=O) groups excluding carboxylic acids is 1. The Morgan fingerprint density at radius 1 is 1.07 bits per heavy atom. The number of nitrogens with one attached hydrogen (secondary N) is 1. The molecule has 0 saturated heterocycles. The minimum atomic E-state index is -3.62. The third-order valence-electron chi connectivity index (χ3n) is 3.82. The van der Waals surface area contributed by atoms with Crippen LogP contribution in [-0.2, 0) is 16.6 Å². The van der Waals surface area contributed by atoms with Gasteiger partial charge in [-0.1, -0.05) is 18.2 Å². The Balaban J connectivity index is 1.67. The first kappa shape index (κ1) is 19.1. The zero-order valence-corrected chi connectivity index (χ0v) is 16.1. The van der Waals surface area contributed by atoms with Gasteiger partial charge in [0.05, 0.1) is 0 Å². The van der Waals surface area contributed by atoms with Gasteiger partial charge in [0, 0.05) is 24.8 Å². The van der Waals surface area contributed by atoms with Crippen molar-refractivity contribution in [2.45, 2.75) is 10.8 Å². The van der Waals surface area contributed by atoms with Crippen LogP contribution >= 0.6 is 11.3 Å². The molecule has 0 atom stereocenters. The van der Waals surface area contributed by atoms with Gasteiger partial charge in [-0.2, -0.15) is 0 Å². The van der Waals surface area contributed by atoms with E-state index < -0.39 is 10.0 Å². The normalized spacial score (nSPS) is 11.2. The largest absolute Gasteiger partial charge is 0.337 e. The van der Waals surface area contributed by atoms with Gasteiger partial charge in [-0.25, -0.2) is 12.8 Å². The Hall–Kier alpha value is -2.71. The minimum absolute atomic E-state index is 0.216. The molecule has 27 heavy (non-hydrogen) atoms. The molecule has 1 amide bonds. The summed E-state index contributed by atoms with van der Waals surface area (Å²) in [4.78, 5) is 14.0. The van der Waals surface area contributed by atoms with E-state index in [-0.39, 0.29) is 15.9 Å². The third kappa shape index (κ3) is 4.72. The first-order valence-corrected chi connectivity index (χ1v) is 10.4. The van der Waals surface area contributed by atoms with Gasteiger partial charge in [-0.3, -0.25) is 9.52 Å². The molecule has 1 aromatic heterocycles. The average Bonchev–Trinajstić information content (AvgIpc) is 3.19. The van der Waals surface area contributed by atoms with E-state index in [1.54, 1.807) is 54.9 Å². The summed E-state index contributed by atoms with van der Waals surface area (Å²) in [6.07, 6.45) is 0. The van der Waals surface area contributed by atoms with Crippen molar-refractivity contribution in [2.24, 2.45) is 0 Å². The molecule has 3 rings (SSSR count). The van der Waals surface area contributed by atoms with Crippen LogP contribution in [0.3, 0.4) is 0 Å². The highest BCUT2D eigenvalue weighted by atomic mass is 32.2. The number of benzene rings is 2. The molecule has 1 N–H and O–H groups in total. The minimum Gasteiger partial charge on any atom is -0.337 e. The van der Waals surface area contributed by atoms with Crippen LogP contribution in [0.4, 0.5) is 10.1 Å². The van der Waals surface area contributed by atoms with Gasteiger partial charge >= 0.3 is 0 Å². The first-order valence-electron chi connectivity index (χ1n) is 8.01. The summed E-state index contributed by atoms with van der Waals surface area (Å²) in [6.45, 7) is 0.339. The monoisotopic (exact) mass is 404 g/mol. The number of carbonyl (C=O) groups is 1. The summed E-state index contributed by atoms with van der Waals surface area (Å²) >= 11 is 1.13. The zero-order valence-electron chi connectivity index (χ0n) is 14.4. The van der Waals surface area contributed by atoms with Crippen LogP contribution in [-0.4, -0.2) is 26.3 Å². The molecule has 0 aliphatic heterocycles. The maximum absolute atomic E-state index is 13.0. The third-order valence-corrected chi connectivity index (χ3v) is 6.60. The average molecular weight is 404 g/mol. The van der Waals surface area contributed by atoms with Crippen LogP contribution in [0.2, 0.25) is 0 Å². The molecule has 2 aromatic carbocycles. The number of hydrogen-bond acceptors (Lipinski definition) is 4. The van der Waals surface area contributed by atoms with E-state index in [1.165, 1.54) is 23.1 Å². The summed E-state index contributed by atoms with van der Waals surface area (Å²) < 4.78 is 40.1. The van der Waals surface area contributed by atoms with Crippen LogP contribution in [0.1, 0.15) is 15.9 Å². The number of rotatable bonds is 6. The van der Waals surface area contributed by atoms with Gasteiger partial charge in [0.1, 0.15) is 10.0 Å². The predicted molar refractivity (Wildman–Crippen MR) is 104 cm³/mol. The fraction of sp³-hybridized carbons (Fsp3) is 0.105. The van der Waals surface area contributed by atoms with Crippen LogP contribution < -0.4 is 4.72 Å². The van der Waals surface area contributed by atoms with Gasteiger partial charge < -0.3 is 4.90 Å². The fourth-order valence-electron chi connectivity index (χ4n) is 2.46. The lowest BCUT2D eigenvalue weighted by molar-refractivity contribution is 0.0785. The van der Waals surface area contributed by atoms with E-state index in [1.807, 2.05) is 0 Å². The summed E-state index contributed by atoms with van der Waals surface area (Å²) in [7, 11) is -1.97. The van der Waals surface area contributed by atoms with E-state index >= 15 is 0 Å². The van der Waals surface area contributed by atoms with Crippen LogP contribution in [0, 0.1) is 5.82 Å². The number of halogens is 1. The highest BCUT2D eigenvalue weighted by molar-refractivity contribution is 7.94. The number of thiophene rings is 1. The van der Waals surface area contributed by atoms with Crippen molar-refractivity contribution in [2.75, 3.05) is 11.8 Å². The molecule has 0 aliphatic carbocycles. The molecule has 1 heterocycles. The Kier molecular flexibility index (Phi) is 5.57. The summed E-state index contributed by atoms with van der Waals surface area (Å²) in [5.41, 5.74) is 1.62. The van der Waals surface area contributed by atoms with Gasteiger partial charge in [0.15, 0.2) is 0 Å². The number of amides is 1. The van der Waals surface area contributed by atoms with Crippen molar-refractivity contribution >= 4 is 33.0 Å². The van der Waals surface area contributed by atoms with Gasteiger partial charge in [-0.15, -0.1) is 11.3 Å². The van der Waals surface area contributed by atoms with E-state index in [9.17, 15) is 17.6 Å². The highest BCUT2D eigenvalue weighted by Gasteiger charge is 2.16. The first-order chi connectivity index (χ1) is 12.8. The van der Waals surface area contributed by atoms with Crippen molar-refractivity contribution in [1.82, 2.24) is 4.90 Å². The Labute approximate surface area is 161 Å². The number of anilines is 1. The lowest BCUT2D eigenvalue weighted by Crippen LogP contribution is -2.26. The Morgan fingerprint density at radius 3 is 2.33 bits per heavy atom.